The Morgan fingerprint density at radius 1 is 0.840 bits per heavy atom. The maximum absolute atomic E-state index is 13.8. The molecule has 2 heterocycles. The van der Waals surface area contributed by atoms with Gasteiger partial charge in [-0.3, -0.25) is 23.7 Å². The third kappa shape index (κ3) is 7.65. The van der Waals surface area contributed by atoms with E-state index in [0.717, 1.165) is 23.0 Å². The van der Waals surface area contributed by atoms with Crippen molar-refractivity contribution in [2.45, 2.75) is 111 Å². The first-order chi connectivity index (χ1) is 23.3. The number of carbonyl (C=O) groups is 5. The molecule has 50 heavy (non-hydrogen) atoms. The number of ether oxygens (including phenoxy) is 1. The summed E-state index contributed by atoms with van der Waals surface area (Å²) in [4.78, 5) is 68.0. The van der Waals surface area contributed by atoms with Gasteiger partial charge < -0.3 is 15.4 Å². The number of hydrogen-bond donors (Lipinski definition) is 2. The van der Waals surface area contributed by atoms with Gasteiger partial charge in [0.15, 0.2) is 17.9 Å². The monoisotopic (exact) mass is 704 g/mol. The van der Waals surface area contributed by atoms with Gasteiger partial charge in [0.05, 0.1) is 10.7 Å². The van der Waals surface area contributed by atoms with Gasteiger partial charge in [0.1, 0.15) is 11.4 Å². The Morgan fingerprint density at radius 3 is 2.08 bits per heavy atom. The molecule has 10 nitrogen and oxygen atoms in total. The molecule has 2 N–H and O–H groups in total. The highest BCUT2D eigenvalue weighted by Gasteiger charge is 2.48. The van der Waals surface area contributed by atoms with Crippen LogP contribution in [0.4, 0.5) is 16.2 Å². The van der Waals surface area contributed by atoms with Gasteiger partial charge >= 0.3 is 6.03 Å². The van der Waals surface area contributed by atoms with Crippen molar-refractivity contribution < 1.29 is 28.7 Å². The first-order valence-electron chi connectivity index (χ1n) is 17.1. The second kappa shape index (κ2) is 14.4. The lowest BCUT2D eigenvalue weighted by Gasteiger charge is -2.31. The highest BCUT2D eigenvalue weighted by molar-refractivity contribution is 6.34. The largest absolute Gasteiger partial charge is 0.480 e. The average molecular weight is 705 g/mol. The van der Waals surface area contributed by atoms with Crippen molar-refractivity contribution in [3.8, 4) is 5.75 Å². The molecule has 0 fully saturated rings. The van der Waals surface area contributed by atoms with Crippen molar-refractivity contribution in [2.24, 2.45) is 5.41 Å². The molecule has 1 aliphatic rings. The summed E-state index contributed by atoms with van der Waals surface area (Å²) in [6.45, 7) is 19.7. The number of imide groups is 1. The minimum absolute atomic E-state index is 0.0220. The van der Waals surface area contributed by atoms with E-state index in [1.54, 1.807) is 26.8 Å². The molecule has 1 aliphatic heterocycles. The van der Waals surface area contributed by atoms with E-state index in [2.05, 4.69) is 64.3 Å². The molecule has 0 radical (unpaired) electrons. The highest BCUT2D eigenvalue weighted by Crippen LogP contribution is 2.39. The number of anilines is 2. The molecule has 2 aromatic carbocycles. The Balaban J connectivity index is 1.58. The Morgan fingerprint density at radius 2 is 1.50 bits per heavy atom. The van der Waals surface area contributed by atoms with Gasteiger partial charge in [-0.1, -0.05) is 93.0 Å². The van der Waals surface area contributed by atoms with E-state index in [0.29, 0.717) is 22.8 Å². The van der Waals surface area contributed by atoms with Gasteiger partial charge in [-0.05, 0) is 72.1 Å². The minimum atomic E-state index is -1.77. The van der Waals surface area contributed by atoms with Crippen molar-refractivity contribution in [3.63, 3.8) is 0 Å². The van der Waals surface area contributed by atoms with E-state index in [-0.39, 0.29) is 27.2 Å². The van der Waals surface area contributed by atoms with E-state index in [1.807, 2.05) is 13.0 Å². The maximum atomic E-state index is 13.8. The fourth-order valence-corrected chi connectivity index (χ4v) is 5.78. The molecule has 4 amide bonds. The van der Waals surface area contributed by atoms with Gasteiger partial charge in [0.25, 0.3) is 17.7 Å². The number of amides is 4. The number of hydrogen-bond acceptors (Lipinski definition) is 6. The summed E-state index contributed by atoms with van der Waals surface area (Å²) in [5.41, 5.74) is 1.38. The molecule has 0 aliphatic carbocycles. The van der Waals surface area contributed by atoms with Gasteiger partial charge in [-0.25, -0.2) is 9.69 Å². The van der Waals surface area contributed by atoms with Crippen molar-refractivity contribution in [3.05, 3.63) is 76.6 Å². The van der Waals surface area contributed by atoms with E-state index in [1.165, 1.54) is 36.0 Å². The standard InChI is InChI=1S/C39H49ClN4O6/c1-11-29(50-30-19-16-23(38(7,8)12-2)21-25(30)39(9,10)13-3)33(46)41-24-17-18-26(40)27(22-24)42-34(47)31(32(45)37(4,5)6)44-35(48)28-15-14-20-43(28)36(44)49/h14-22,29,31H,11-13H2,1-10H3,(H,41,46)(H,42,47). The SMILES string of the molecule is CCC(Oc1ccc(C(C)(C)CC)cc1C(C)(C)CC)C(=O)Nc1ccc(Cl)c(NC(=O)C(C(=O)C(C)(C)C)N2C(=O)c3cccn3C2=O)c1. The Hall–Kier alpha value is -4.44. The highest BCUT2D eigenvalue weighted by atomic mass is 35.5. The van der Waals surface area contributed by atoms with Gasteiger partial charge in [-0.2, -0.15) is 0 Å². The molecular weight excluding hydrogens is 656 g/mol. The molecule has 11 heteroatoms. The number of carbonyl (C=O) groups excluding carboxylic acids is 5. The van der Waals surface area contributed by atoms with Gasteiger partial charge in [0.2, 0.25) is 0 Å². The predicted octanol–water partition coefficient (Wildman–Crippen LogP) is 8.36. The normalized spacial score (nSPS) is 14.7. The van der Waals surface area contributed by atoms with E-state index in [9.17, 15) is 24.0 Å². The quantitative estimate of drug-likeness (QED) is 0.172. The smallest absolute Gasteiger partial charge is 0.336 e. The summed E-state index contributed by atoms with van der Waals surface area (Å²) >= 11 is 6.46. The van der Waals surface area contributed by atoms with Crippen LogP contribution in [0.25, 0.3) is 0 Å². The van der Waals surface area contributed by atoms with Crippen LogP contribution in [0.15, 0.2) is 54.7 Å². The summed E-state index contributed by atoms with van der Waals surface area (Å²) in [6.07, 6.45) is 2.79. The molecule has 1 aromatic heterocycles. The average Bonchev–Trinajstić information content (AvgIpc) is 3.64. The fourth-order valence-electron chi connectivity index (χ4n) is 5.62. The van der Waals surface area contributed by atoms with E-state index in [4.69, 9.17) is 16.3 Å². The van der Waals surface area contributed by atoms with Crippen LogP contribution in [0.3, 0.4) is 0 Å². The molecule has 4 rings (SSSR count). The summed E-state index contributed by atoms with van der Waals surface area (Å²) in [6, 6.07) is 11.1. The number of Topliss-reactive ketones (excluding diaryl/α,β-unsaturated/α-hetero) is 1. The van der Waals surface area contributed by atoms with Crippen LogP contribution in [0.2, 0.25) is 5.02 Å². The summed E-state index contributed by atoms with van der Waals surface area (Å²) in [7, 11) is 0. The van der Waals surface area contributed by atoms with Crippen LogP contribution in [0, 0.1) is 5.41 Å². The number of fused-ring (bicyclic) bond motifs is 1. The zero-order valence-electron chi connectivity index (χ0n) is 30.7. The number of aromatic nitrogens is 1. The first-order valence-corrected chi connectivity index (χ1v) is 17.5. The zero-order chi connectivity index (χ0) is 37.3. The number of nitrogens with zero attached hydrogens (tertiary/aromatic N) is 2. The molecule has 268 valence electrons. The van der Waals surface area contributed by atoms with Crippen LogP contribution in [-0.4, -0.2) is 51.1 Å². The molecule has 2 atom stereocenters. The second-order valence-electron chi connectivity index (χ2n) is 15.1. The minimum Gasteiger partial charge on any atom is -0.480 e. The van der Waals surface area contributed by atoms with Crippen molar-refractivity contribution in [2.75, 3.05) is 10.6 Å². The number of nitrogens with one attached hydrogen (secondary N) is 2. The second-order valence-corrected chi connectivity index (χ2v) is 15.5. The molecular formula is C39H49ClN4O6. The lowest BCUT2D eigenvalue weighted by atomic mass is 9.76. The number of halogens is 1. The van der Waals surface area contributed by atoms with Gasteiger partial charge in [-0.15, -0.1) is 0 Å². The van der Waals surface area contributed by atoms with Gasteiger partial charge in [0, 0.05) is 22.9 Å². The molecule has 2 unspecified atom stereocenters. The van der Waals surface area contributed by atoms with Crippen molar-refractivity contribution in [1.29, 1.82) is 0 Å². The summed E-state index contributed by atoms with van der Waals surface area (Å²) in [5, 5.41) is 5.60. The Kier molecular flexibility index (Phi) is 11.1. The third-order valence-corrected chi connectivity index (χ3v) is 10.1. The molecule has 0 saturated carbocycles. The number of ketones is 1. The fraction of sp³-hybridized carbons (Fsp3) is 0.462. The zero-order valence-corrected chi connectivity index (χ0v) is 31.4. The van der Waals surface area contributed by atoms with Crippen LogP contribution in [0.5, 0.6) is 5.75 Å². The van der Waals surface area contributed by atoms with Crippen LogP contribution in [-0.2, 0) is 25.2 Å². The molecule has 0 spiro atoms. The summed E-state index contributed by atoms with van der Waals surface area (Å²) in [5.74, 6) is -2.07. The predicted molar refractivity (Wildman–Crippen MR) is 196 cm³/mol. The first kappa shape index (κ1) is 38.4. The Bertz CT molecular complexity index is 1790. The number of benzene rings is 2. The lowest BCUT2D eigenvalue weighted by molar-refractivity contribution is -0.136. The van der Waals surface area contributed by atoms with Crippen LogP contribution in [0.1, 0.15) is 110 Å². The van der Waals surface area contributed by atoms with Crippen LogP contribution >= 0.6 is 11.6 Å². The summed E-state index contributed by atoms with van der Waals surface area (Å²) < 4.78 is 7.50. The third-order valence-electron chi connectivity index (χ3n) is 9.78. The molecule has 3 aromatic rings. The van der Waals surface area contributed by atoms with Crippen molar-refractivity contribution in [1.82, 2.24) is 9.47 Å². The van der Waals surface area contributed by atoms with Crippen LogP contribution < -0.4 is 15.4 Å². The maximum Gasteiger partial charge on any atom is 0.336 e. The van der Waals surface area contributed by atoms with Crippen molar-refractivity contribution >= 4 is 52.5 Å². The number of rotatable bonds is 13. The molecule has 0 bridgehead atoms. The lowest BCUT2D eigenvalue weighted by Crippen LogP contribution is -2.55. The molecule has 0 saturated heterocycles. The topological polar surface area (TPSA) is 127 Å². The Labute approximate surface area is 299 Å². The van der Waals surface area contributed by atoms with E-state index >= 15 is 0 Å². The van der Waals surface area contributed by atoms with E-state index < -0.39 is 47.1 Å².